The van der Waals surface area contributed by atoms with Crippen molar-refractivity contribution in [2.75, 3.05) is 23.3 Å². The van der Waals surface area contributed by atoms with E-state index < -0.39 is 52.2 Å². The lowest BCUT2D eigenvalue weighted by Gasteiger charge is -2.26. The van der Waals surface area contributed by atoms with Gasteiger partial charge in [0.1, 0.15) is 5.82 Å². The van der Waals surface area contributed by atoms with Gasteiger partial charge in [0.15, 0.2) is 0 Å². The molecule has 1 aliphatic heterocycles. The van der Waals surface area contributed by atoms with Crippen molar-refractivity contribution in [2.45, 2.75) is 24.6 Å². The van der Waals surface area contributed by atoms with Gasteiger partial charge in [-0.25, -0.2) is 17.7 Å². The Hall–Kier alpha value is -1.42. The number of unbranched alkanes of at least 4 members (excludes halogenated alkanes) is 1. The third kappa shape index (κ3) is 2.76. The third-order valence-corrected chi connectivity index (χ3v) is 5.21. The smallest absolute Gasteiger partial charge is 0.375 e. The van der Waals surface area contributed by atoms with Gasteiger partial charge in [0.25, 0.3) is 0 Å². The second-order valence-electron chi connectivity index (χ2n) is 4.95. The van der Waals surface area contributed by atoms with Crippen LogP contribution >= 0.6 is 0 Å². The molecule has 2 rings (SSSR count). The molecule has 0 bridgehead atoms. The lowest BCUT2D eigenvalue weighted by molar-refractivity contribution is -0.258. The van der Waals surface area contributed by atoms with E-state index >= 15 is 0 Å². The Morgan fingerprint density at radius 3 is 2.64 bits per heavy atom. The SMILES string of the molecule is O=S(=O)(CCCCF)N1CC(O)(C(F)(F)F)c2cccnc21. The highest BCUT2D eigenvalue weighted by atomic mass is 32.2. The van der Waals surface area contributed by atoms with Crippen molar-refractivity contribution in [2.24, 2.45) is 0 Å². The molecule has 1 aliphatic rings. The lowest BCUT2D eigenvalue weighted by Crippen LogP contribution is -2.47. The van der Waals surface area contributed by atoms with Crippen LogP contribution in [0.3, 0.4) is 0 Å². The van der Waals surface area contributed by atoms with Crippen molar-refractivity contribution in [1.29, 1.82) is 0 Å². The third-order valence-electron chi connectivity index (χ3n) is 3.43. The van der Waals surface area contributed by atoms with Crippen LogP contribution < -0.4 is 4.31 Å². The fourth-order valence-electron chi connectivity index (χ4n) is 2.25. The Bertz CT molecular complexity index is 650. The first-order valence-corrected chi connectivity index (χ1v) is 8.05. The number of hydrogen-bond acceptors (Lipinski definition) is 4. The number of rotatable bonds is 5. The maximum Gasteiger partial charge on any atom is 0.423 e. The van der Waals surface area contributed by atoms with Crippen LogP contribution in [-0.2, 0) is 15.6 Å². The van der Waals surface area contributed by atoms with Crippen molar-refractivity contribution >= 4 is 15.8 Å². The maximum absolute atomic E-state index is 13.1. The number of alkyl halides is 4. The fraction of sp³-hybridized carbons (Fsp3) is 0.583. The van der Waals surface area contributed by atoms with Crippen LogP contribution in [0.5, 0.6) is 0 Å². The maximum atomic E-state index is 13.1. The predicted molar refractivity (Wildman–Crippen MR) is 70.5 cm³/mol. The number of fused-ring (bicyclic) bond motifs is 1. The quantitative estimate of drug-likeness (QED) is 0.654. The van der Waals surface area contributed by atoms with E-state index in [1.165, 1.54) is 6.07 Å². The summed E-state index contributed by atoms with van der Waals surface area (Å²) in [6.45, 7) is -1.89. The minimum atomic E-state index is -5.05. The Balaban J connectivity index is 2.41. The number of nitrogens with zero attached hydrogens (tertiary/aromatic N) is 2. The molecule has 0 saturated heterocycles. The minimum absolute atomic E-state index is 0.00825. The van der Waals surface area contributed by atoms with Gasteiger partial charge in [0, 0.05) is 11.8 Å². The Morgan fingerprint density at radius 1 is 1.36 bits per heavy atom. The zero-order chi connectivity index (χ0) is 16.6. The minimum Gasteiger partial charge on any atom is -0.375 e. The van der Waals surface area contributed by atoms with E-state index in [9.17, 15) is 31.1 Å². The summed E-state index contributed by atoms with van der Waals surface area (Å²) in [6.07, 6.45) is -3.94. The van der Waals surface area contributed by atoms with Crippen LogP contribution in [0.1, 0.15) is 18.4 Å². The molecule has 0 radical (unpaired) electrons. The van der Waals surface area contributed by atoms with Crippen LogP contribution in [-0.4, -0.2) is 43.7 Å². The fourth-order valence-corrected chi connectivity index (χ4v) is 3.83. The van der Waals surface area contributed by atoms with Gasteiger partial charge in [-0.15, -0.1) is 0 Å². The zero-order valence-corrected chi connectivity index (χ0v) is 12.2. The number of β-amino-alcohol motifs (C(OH)–C–C–N with tert-alkyl or cyclic N) is 1. The molecule has 0 fully saturated rings. The summed E-state index contributed by atoms with van der Waals surface area (Å²) < 4.78 is 76.3. The summed E-state index contributed by atoms with van der Waals surface area (Å²) in [5.41, 5.74) is -3.90. The van der Waals surface area contributed by atoms with Crippen molar-refractivity contribution in [3.8, 4) is 0 Å². The number of halogens is 4. The van der Waals surface area contributed by atoms with Crippen molar-refractivity contribution in [1.82, 2.24) is 4.98 Å². The summed E-state index contributed by atoms with van der Waals surface area (Å²) in [5, 5.41) is 9.95. The normalized spacial score (nSPS) is 22.0. The summed E-state index contributed by atoms with van der Waals surface area (Å²) in [6, 6.07) is 2.18. The van der Waals surface area contributed by atoms with E-state index in [0.29, 0.717) is 4.31 Å². The van der Waals surface area contributed by atoms with Gasteiger partial charge < -0.3 is 5.11 Å². The van der Waals surface area contributed by atoms with E-state index in [0.717, 1.165) is 12.3 Å². The zero-order valence-electron chi connectivity index (χ0n) is 11.3. The summed E-state index contributed by atoms with van der Waals surface area (Å²) >= 11 is 0. The average molecular weight is 342 g/mol. The van der Waals surface area contributed by atoms with Gasteiger partial charge in [-0.3, -0.25) is 4.39 Å². The molecule has 22 heavy (non-hydrogen) atoms. The predicted octanol–water partition coefficient (Wildman–Crippen LogP) is 1.73. The largest absolute Gasteiger partial charge is 0.423 e. The first-order chi connectivity index (χ1) is 10.1. The highest BCUT2D eigenvalue weighted by Gasteiger charge is 2.62. The molecule has 1 aromatic heterocycles. The van der Waals surface area contributed by atoms with E-state index in [4.69, 9.17) is 0 Å². The summed E-state index contributed by atoms with van der Waals surface area (Å²) in [7, 11) is -4.13. The molecule has 1 atom stereocenters. The first-order valence-electron chi connectivity index (χ1n) is 6.44. The number of aliphatic hydroxyl groups is 1. The monoisotopic (exact) mass is 342 g/mol. The second-order valence-corrected chi connectivity index (χ2v) is 6.96. The van der Waals surface area contributed by atoms with E-state index in [-0.39, 0.29) is 12.8 Å². The number of pyridine rings is 1. The van der Waals surface area contributed by atoms with Crippen LogP contribution in [0.2, 0.25) is 0 Å². The second kappa shape index (κ2) is 5.65. The van der Waals surface area contributed by atoms with Gasteiger partial charge in [-0.1, -0.05) is 6.07 Å². The molecule has 0 aromatic carbocycles. The number of hydrogen-bond donors (Lipinski definition) is 1. The molecular weight excluding hydrogens is 328 g/mol. The van der Waals surface area contributed by atoms with E-state index in [2.05, 4.69) is 4.98 Å². The van der Waals surface area contributed by atoms with Crippen molar-refractivity contribution in [3.63, 3.8) is 0 Å². The first kappa shape index (κ1) is 16.9. The average Bonchev–Trinajstić information content (AvgIpc) is 2.75. The van der Waals surface area contributed by atoms with Crippen LogP contribution in [0, 0.1) is 0 Å². The molecule has 1 aromatic rings. The standard InChI is InChI=1S/C12H14F4N2O3S/c13-5-1-2-7-22(20,21)18-8-11(19,12(14,15)16)9-4-3-6-17-10(9)18/h3-4,6,19H,1-2,5,7-8H2. The van der Waals surface area contributed by atoms with Gasteiger partial charge in [0.2, 0.25) is 15.6 Å². The van der Waals surface area contributed by atoms with Crippen LogP contribution in [0.15, 0.2) is 18.3 Å². The molecule has 0 spiro atoms. The summed E-state index contributed by atoms with van der Waals surface area (Å²) in [4.78, 5) is 3.66. The number of aromatic nitrogens is 1. The van der Waals surface area contributed by atoms with Crippen LogP contribution in [0.25, 0.3) is 0 Å². The number of sulfonamides is 1. The molecule has 1 unspecified atom stereocenters. The highest BCUT2D eigenvalue weighted by Crippen LogP contribution is 2.48. The molecule has 5 nitrogen and oxygen atoms in total. The lowest BCUT2D eigenvalue weighted by atomic mass is 9.97. The van der Waals surface area contributed by atoms with Gasteiger partial charge in [-0.2, -0.15) is 13.2 Å². The molecule has 0 saturated carbocycles. The topological polar surface area (TPSA) is 70.5 Å². The van der Waals surface area contributed by atoms with E-state index in [1.807, 2.05) is 0 Å². The molecule has 0 aliphatic carbocycles. The molecule has 10 heteroatoms. The Morgan fingerprint density at radius 2 is 2.05 bits per heavy atom. The molecule has 0 amide bonds. The van der Waals surface area contributed by atoms with Gasteiger partial charge >= 0.3 is 6.18 Å². The van der Waals surface area contributed by atoms with Crippen LogP contribution in [0.4, 0.5) is 23.4 Å². The van der Waals surface area contributed by atoms with Crippen molar-refractivity contribution in [3.05, 3.63) is 23.9 Å². The highest BCUT2D eigenvalue weighted by molar-refractivity contribution is 7.92. The molecule has 124 valence electrons. The Kier molecular flexibility index (Phi) is 4.35. The molecule has 2 heterocycles. The number of anilines is 1. The Labute approximate surface area is 124 Å². The molecule has 1 N–H and O–H groups in total. The van der Waals surface area contributed by atoms with Crippen molar-refractivity contribution < 1.29 is 31.1 Å². The summed E-state index contributed by atoms with van der Waals surface area (Å²) in [5.74, 6) is -0.955. The van der Waals surface area contributed by atoms with Gasteiger partial charge in [-0.05, 0) is 18.9 Å². The molecular formula is C12H14F4N2O3S. The van der Waals surface area contributed by atoms with E-state index in [1.54, 1.807) is 0 Å². The van der Waals surface area contributed by atoms with Gasteiger partial charge in [0.05, 0.1) is 19.0 Å².